The zero-order valence-electron chi connectivity index (χ0n) is 10.7. The summed E-state index contributed by atoms with van der Waals surface area (Å²) < 4.78 is 1.05. The normalized spacial score (nSPS) is 26.8. The molecule has 2 aliphatic heterocycles. The van der Waals surface area contributed by atoms with Crippen LogP contribution in [0.3, 0.4) is 0 Å². The molecule has 2 nitrogen and oxygen atoms in total. The molecule has 0 aliphatic carbocycles. The van der Waals surface area contributed by atoms with Gasteiger partial charge >= 0.3 is 0 Å². The minimum atomic E-state index is 0. The predicted octanol–water partition coefficient (Wildman–Crippen LogP) is 3.71. The molecule has 106 valence electrons. The molecule has 2 unspecified atom stereocenters. The Hall–Kier alpha value is 0.200. The van der Waals surface area contributed by atoms with Gasteiger partial charge in [-0.2, -0.15) is 0 Å². The summed E-state index contributed by atoms with van der Waals surface area (Å²) in [6, 6.07) is 6.96. The average molecular weight is 366 g/mol. The fraction of sp³-hybridized carbons (Fsp3) is 0.571. The summed E-state index contributed by atoms with van der Waals surface area (Å²) in [4.78, 5) is 2.54. The van der Waals surface area contributed by atoms with E-state index in [4.69, 9.17) is 11.6 Å². The first-order valence-electron chi connectivity index (χ1n) is 6.62. The van der Waals surface area contributed by atoms with E-state index in [0.717, 1.165) is 28.0 Å². The number of rotatable bonds is 2. The molecule has 0 radical (unpaired) electrons. The van der Waals surface area contributed by atoms with Gasteiger partial charge in [0.2, 0.25) is 0 Å². The van der Waals surface area contributed by atoms with Crippen molar-refractivity contribution in [3.63, 3.8) is 0 Å². The van der Waals surface area contributed by atoms with Crippen LogP contribution in [0.15, 0.2) is 22.7 Å². The zero-order valence-corrected chi connectivity index (χ0v) is 13.9. The molecule has 2 heterocycles. The first-order valence-corrected chi connectivity index (χ1v) is 7.79. The molecule has 19 heavy (non-hydrogen) atoms. The number of hydrogen-bond acceptors (Lipinski definition) is 2. The molecule has 1 aromatic carbocycles. The van der Waals surface area contributed by atoms with Crippen LogP contribution in [0.2, 0.25) is 5.02 Å². The van der Waals surface area contributed by atoms with Crippen LogP contribution in [0.25, 0.3) is 0 Å². The maximum atomic E-state index is 6.29. The fourth-order valence-corrected chi connectivity index (χ4v) is 3.89. The number of hydrogen-bond donors (Lipinski definition) is 1. The molecule has 2 atom stereocenters. The van der Waals surface area contributed by atoms with Gasteiger partial charge < -0.3 is 5.32 Å². The Balaban J connectivity index is 0.00000133. The fourth-order valence-electron chi connectivity index (χ4n) is 3.16. The number of nitrogens with zero attached hydrogens (tertiary/aromatic N) is 1. The van der Waals surface area contributed by atoms with Gasteiger partial charge in [0.05, 0.1) is 0 Å². The molecule has 1 N–H and O–H groups in total. The maximum absolute atomic E-state index is 6.29. The second-order valence-corrected chi connectivity index (χ2v) is 6.69. The molecular weight excluding hydrogens is 347 g/mol. The van der Waals surface area contributed by atoms with Gasteiger partial charge in [-0.25, -0.2) is 0 Å². The molecule has 2 aliphatic rings. The number of nitrogens with one attached hydrogen (secondary N) is 1. The van der Waals surface area contributed by atoms with E-state index in [1.54, 1.807) is 0 Å². The number of likely N-dealkylation sites (tertiary alicyclic amines) is 1. The van der Waals surface area contributed by atoms with E-state index >= 15 is 0 Å². The standard InChI is InChI=1S/C14H18BrClN2.ClH/c15-12-2-1-10(13(16)7-12)8-18-6-4-14-11(9-18)3-5-17-14;/h1-2,7,11,14,17H,3-6,8-9H2;1H. The minimum Gasteiger partial charge on any atom is -0.314 e. The molecule has 5 heteroatoms. The van der Waals surface area contributed by atoms with Gasteiger partial charge in [-0.05, 0) is 49.5 Å². The Bertz CT molecular complexity index is 441. The van der Waals surface area contributed by atoms with Crippen molar-refractivity contribution in [3.8, 4) is 0 Å². The molecule has 2 fully saturated rings. The third kappa shape index (κ3) is 3.64. The smallest absolute Gasteiger partial charge is 0.0462 e. The Labute approximate surface area is 134 Å². The zero-order chi connectivity index (χ0) is 12.5. The molecule has 2 saturated heterocycles. The number of halogens is 3. The highest BCUT2D eigenvalue weighted by Crippen LogP contribution is 2.28. The van der Waals surface area contributed by atoms with Crippen molar-refractivity contribution < 1.29 is 0 Å². The van der Waals surface area contributed by atoms with E-state index in [1.165, 1.54) is 38.0 Å². The highest BCUT2D eigenvalue weighted by atomic mass is 79.9. The summed E-state index contributed by atoms with van der Waals surface area (Å²) in [5, 5.41) is 4.47. The van der Waals surface area contributed by atoms with E-state index in [9.17, 15) is 0 Å². The van der Waals surface area contributed by atoms with Gasteiger partial charge in [-0.15, -0.1) is 12.4 Å². The van der Waals surface area contributed by atoms with Crippen LogP contribution < -0.4 is 5.32 Å². The molecule has 1 aromatic rings. The van der Waals surface area contributed by atoms with Crippen LogP contribution in [0.4, 0.5) is 0 Å². The summed E-state index contributed by atoms with van der Waals surface area (Å²) in [7, 11) is 0. The Morgan fingerprint density at radius 1 is 1.37 bits per heavy atom. The maximum Gasteiger partial charge on any atom is 0.0462 e. The summed E-state index contributed by atoms with van der Waals surface area (Å²) in [6.07, 6.45) is 2.61. The van der Waals surface area contributed by atoms with Gasteiger partial charge in [0.15, 0.2) is 0 Å². The second kappa shape index (κ2) is 6.77. The van der Waals surface area contributed by atoms with Crippen molar-refractivity contribution in [1.29, 1.82) is 0 Å². The SMILES string of the molecule is Cl.Clc1cc(Br)ccc1CN1CCC2NCCC2C1. The molecule has 0 aromatic heterocycles. The summed E-state index contributed by atoms with van der Waals surface area (Å²) in [5.74, 6) is 0.841. The quantitative estimate of drug-likeness (QED) is 0.859. The van der Waals surface area contributed by atoms with Crippen LogP contribution in [-0.4, -0.2) is 30.6 Å². The van der Waals surface area contributed by atoms with Gasteiger partial charge in [0.1, 0.15) is 0 Å². The lowest BCUT2D eigenvalue weighted by Crippen LogP contribution is -2.43. The lowest BCUT2D eigenvalue weighted by molar-refractivity contribution is 0.156. The van der Waals surface area contributed by atoms with Gasteiger partial charge in [-0.3, -0.25) is 4.90 Å². The molecule has 0 amide bonds. The lowest BCUT2D eigenvalue weighted by Gasteiger charge is -2.35. The van der Waals surface area contributed by atoms with Crippen LogP contribution in [-0.2, 0) is 6.54 Å². The summed E-state index contributed by atoms with van der Waals surface area (Å²) >= 11 is 9.74. The summed E-state index contributed by atoms with van der Waals surface area (Å²) in [5.41, 5.74) is 1.24. The van der Waals surface area contributed by atoms with E-state index < -0.39 is 0 Å². The highest BCUT2D eigenvalue weighted by molar-refractivity contribution is 9.10. The molecule has 3 rings (SSSR count). The molecule has 0 saturated carbocycles. The van der Waals surface area contributed by atoms with Crippen LogP contribution in [0, 0.1) is 5.92 Å². The van der Waals surface area contributed by atoms with E-state index in [-0.39, 0.29) is 12.4 Å². The predicted molar refractivity (Wildman–Crippen MR) is 86.2 cm³/mol. The topological polar surface area (TPSA) is 15.3 Å². The molecule has 0 bridgehead atoms. The third-order valence-electron chi connectivity index (χ3n) is 4.15. The lowest BCUT2D eigenvalue weighted by atomic mass is 9.93. The van der Waals surface area contributed by atoms with E-state index in [0.29, 0.717) is 0 Å². The van der Waals surface area contributed by atoms with Crippen molar-refractivity contribution in [3.05, 3.63) is 33.3 Å². The first-order chi connectivity index (χ1) is 8.72. The van der Waals surface area contributed by atoms with Gasteiger partial charge in [-0.1, -0.05) is 33.6 Å². The van der Waals surface area contributed by atoms with Crippen molar-refractivity contribution >= 4 is 39.9 Å². The van der Waals surface area contributed by atoms with Crippen molar-refractivity contribution in [2.45, 2.75) is 25.4 Å². The monoisotopic (exact) mass is 364 g/mol. The Kier molecular flexibility index (Phi) is 5.55. The van der Waals surface area contributed by atoms with Crippen molar-refractivity contribution in [2.75, 3.05) is 19.6 Å². The minimum absolute atomic E-state index is 0. The van der Waals surface area contributed by atoms with Crippen LogP contribution >= 0.6 is 39.9 Å². The van der Waals surface area contributed by atoms with Crippen molar-refractivity contribution in [1.82, 2.24) is 10.2 Å². The first kappa shape index (κ1) is 15.6. The molecule has 0 spiro atoms. The van der Waals surface area contributed by atoms with Crippen LogP contribution in [0.5, 0.6) is 0 Å². The third-order valence-corrected chi connectivity index (χ3v) is 4.99. The van der Waals surface area contributed by atoms with E-state index in [1.807, 2.05) is 6.07 Å². The largest absolute Gasteiger partial charge is 0.314 e. The number of benzene rings is 1. The number of piperidine rings is 1. The Morgan fingerprint density at radius 3 is 3.00 bits per heavy atom. The Morgan fingerprint density at radius 2 is 2.21 bits per heavy atom. The average Bonchev–Trinajstić information content (AvgIpc) is 2.80. The van der Waals surface area contributed by atoms with Crippen LogP contribution in [0.1, 0.15) is 18.4 Å². The highest BCUT2D eigenvalue weighted by Gasteiger charge is 2.32. The van der Waals surface area contributed by atoms with E-state index in [2.05, 4.69) is 38.3 Å². The van der Waals surface area contributed by atoms with Gasteiger partial charge in [0, 0.05) is 28.6 Å². The number of fused-ring (bicyclic) bond motifs is 1. The van der Waals surface area contributed by atoms with Gasteiger partial charge in [0.25, 0.3) is 0 Å². The molecular formula is C14H19BrCl2N2. The van der Waals surface area contributed by atoms with Crippen molar-refractivity contribution in [2.24, 2.45) is 5.92 Å². The second-order valence-electron chi connectivity index (χ2n) is 5.37. The summed E-state index contributed by atoms with van der Waals surface area (Å²) in [6.45, 7) is 4.57.